The molecule has 6 heterocycles. The largest absolute Gasteiger partial charge is 0.346 e. The number of amides is 1. The molecule has 0 radical (unpaired) electrons. The van der Waals surface area contributed by atoms with Gasteiger partial charge in [0.15, 0.2) is 18.2 Å². The number of benzene rings is 1. The van der Waals surface area contributed by atoms with Crippen LogP contribution in [0.5, 0.6) is 0 Å². The smallest absolute Gasteiger partial charge is 0.254 e. The molecule has 11 nitrogen and oxygen atoms in total. The van der Waals surface area contributed by atoms with E-state index in [-0.39, 0.29) is 24.3 Å². The SMILES string of the molecule is C[C@H]1[C@@H](OCc2cn(-c3cccc(C(=O)N4CCN(C)CC4)c3)nn2)O[C@@H]2O[C@@]3(C)CC[C@H]4[C@H](C)CC[C@@H]1[C@@]24OO3. The topological polar surface area (TPSA) is 100 Å². The van der Waals surface area contributed by atoms with Gasteiger partial charge < -0.3 is 24.0 Å². The van der Waals surface area contributed by atoms with Crippen molar-refractivity contribution in [2.24, 2.45) is 23.7 Å². The predicted molar refractivity (Wildman–Crippen MR) is 146 cm³/mol. The molecular formula is C30H41N5O6. The summed E-state index contributed by atoms with van der Waals surface area (Å²) in [6.45, 7) is 9.90. The molecule has 1 spiro atoms. The molecule has 2 bridgehead atoms. The number of likely N-dealkylation sites (N-methyl/N-ethyl adjacent to an activating group) is 1. The first-order chi connectivity index (χ1) is 19.8. The van der Waals surface area contributed by atoms with Crippen LogP contribution in [0.2, 0.25) is 0 Å². The zero-order valence-electron chi connectivity index (χ0n) is 24.4. The van der Waals surface area contributed by atoms with Crippen LogP contribution in [0.3, 0.4) is 0 Å². The lowest BCUT2D eigenvalue weighted by molar-refractivity contribution is -0.577. The number of ether oxygens (including phenoxy) is 3. The molecule has 0 unspecified atom stereocenters. The lowest BCUT2D eigenvalue weighted by Crippen LogP contribution is -2.70. The van der Waals surface area contributed by atoms with Crippen molar-refractivity contribution in [2.75, 3.05) is 33.2 Å². The van der Waals surface area contributed by atoms with E-state index >= 15 is 0 Å². The Hall–Kier alpha value is -2.41. The number of aromatic nitrogens is 3. The van der Waals surface area contributed by atoms with Gasteiger partial charge in [0, 0.05) is 50.0 Å². The molecule has 6 aliphatic rings. The van der Waals surface area contributed by atoms with E-state index in [0.29, 0.717) is 23.1 Å². The van der Waals surface area contributed by atoms with Crippen molar-refractivity contribution >= 4 is 5.91 Å². The van der Waals surface area contributed by atoms with Gasteiger partial charge in [0.1, 0.15) is 5.69 Å². The third kappa shape index (κ3) is 4.71. The zero-order valence-corrected chi connectivity index (χ0v) is 24.4. The van der Waals surface area contributed by atoms with E-state index in [2.05, 4.69) is 36.1 Å². The fourth-order valence-electron chi connectivity index (χ4n) is 7.69. The second-order valence-corrected chi connectivity index (χ2v) is 12.9. The first kappa shape index (κ1) is 27.4. The highest BCUT2D eigenvalue weighted by Gasteiger charge is 2.69. The van der Waals surface area contributed by atoms with Crippen molar-refractivity contribution in [3.63, 3.8) is 0 Å². The summed E-state index contributed by atoms with van der Waals surface area (Å²) in [4.78, 5) is 29.4. The molecule has 1 aromatic carbocycles. The average Bonchev–Trinajstić information content (AvgIpc) is 3.34. The number of piperazine rings is 1. The number of nitrogens with zero attached hydrogens (tertiary/aromatic N) is 5. The van der Waals surface area contributed by atoms with E-state index in [0.717, 1.165) is 57.5 Å². The minimum Gasteiger partial charge on any atom is -0.346 e. The second-order valence-electron chi connectivity index (χ2n) is 12.9. The zero-order chi connectivity index (χ0) is 28.4. The summed E-state index contributed by atoms with van der Waals surface area (Å²) in [5.74, 6) is 0.347. The lowest BCUT2D eigenvalue weighted by Gasteiger charge is -2.60. The lowest BCUT2D eigenvalue weighted by atomic mass is 9.58. The Kier molecular flexibility index (Phi) is 6.95. The molecule has 11 heteroatoms. The molecule has 222 valence electrons. The summed E-state index contributed by atoms with van der Waals surface area (Å²) in [5.41, 5.74) is 1.50. The van der Waals surface area contributed by atoms with Crippen LogP contribution < -0.4 is 0 Å². The third-order valence-corrected chi connectivity index (χ3v) is 10.2. The Morgan fingerprint density at radius 1 is 1.10 bits per heavy atom. The number of carbonyl (C=O) groups is 1. The summed E-state index contributed by atoms with van der Waals surface area (Å²) in [6, 6.07) is 7.53. The molecule has 5 aliphatic heterocycles. The Morgan fingerprint density at radius 2 is 1.93 bits per heavy atom. The van der Waals surface area contributed by atoms with Crippen LogP contribution in [-0.2, 0) is 30.6 Å². The average molecular weight is 568 g/mol. The van der Waals surface area contributed by atoms with Gasteiger partial charge >= 0.3 is 0 Å². The molecule has 41 heavy (non-hydrogen) atoms. The van der Waals surface area contributed by atoms with Gasteiger partial charge in [-0.15, -0.1) is 5.10 Å². The van der Waals surface area contributed by atoms with Crippen LogP contribution in [0.25, 0.3) is 5.69 Å². The normalized spacial score (nSPS) is 38.9. The van der Waals surface area contributed by atoms with Gasteiger partial charge in [0.05, 0.1) is 18.5 Å². The number of hydrogen-bond donors (Lipinski definition) is 0. The number of fused-ring (bicyclic) bond motifs is 2. The highest BCUT2D eigenvalue weighted by Crippen LogP contribution is 2.60. The van der Waals surface area contributed by atoms with Crippen LogP contribution in [0.1, 0.15) is 62.5 Å². The van der Waals surface area contributed by atoms with Gasteiger partial charge in [-0.1, -0.05) is 25.1 Å². The Bertz CT molecular complexity index is 1280. The van der Waals surface area contributed by atoms with Gasteiger partial charge in [-0.3, -0.25) is 4.79 Å². The van der Waals surface area contributed by atoms with E-state index in [1.165, 1.54) is 0 Å². The summed E-state index contributed by atoms with van der Waals surface area (Å²) in [5, 5.41) is 8.67. The van der Waals surface area contributed by atoms with E-state index in [1.807, 2.05) is 42.3 Å². The van der Waals surface area contributed by atoms with Crippen LogP contribution in [0, 0.1) is 23.7 Å². The van der Waals surface area contributed by atoms with Gasteiger partial charge in [0.2, 0.25) is 5.79 Å². The van der Waals surface area contributed by atoms with E-state index in [4.69, 9.17) is 24.0 Å². The maximum atomic E-state index is 13.1. The molecule has 6 fully saturated rings. The maximum Gasteiger partial charge on any atom is 0.254 e. The summed E-state index contributed by atoms with van der Waals surface area (Å²) in [6.07, 6.45) is 4.77. The van der Waals surface area contributed by atoms with Gasteiger partial charge in [-0.25, -0.2) is 14.5 Å². The van der Waals surface area contributed by atoms with Crippen molar-refractivity contribution in [2.45, 2.75) is 77.0 Å². The van der Waals surface area contributed by atoms with E-state index in [1.54, 1.807) is 4.68 Å². The first-order valence-electron chi connectivity index (χ1n) is 15.1. The summed E-state index contributed by atoms with van der Waals surface area (Å²) < 4.78 is 21.0. The molecule has 1 saturated carbocycles. The highest BCUT2D eigenvalue weighted by atomic mass is 17.3. The Morgan fingerprint density at radius 3 is 2.76 bits per heavy atom. The standard InChI is InChI=1S/C30H41N5O6/c1-19-8-9-25-20(2)27(38-28-30(25)24(19)10-11-29(3,39-28)40-41-30)37-18-22-17-35(32-31-22)23-7-5-6-21(16-23)26(36)34-14-12-33(4)13-15-34/h5-7,16-17,19-20,24-25,27-28H,8-15,18H2,1-4H3/t19-,20-,24+,25+,27+,28-,29-,30-/m1/s1. The molecule has 1 aliphatic carbocycles. The minimum absolute atomic E-state index is 0.0434. The summed E-state index contributed by atoms with van der Waals surface area (Å²) >= 11 is 0. The number of rotatable bonds is 5. The molecular weight excluding hydrogens is 526 g/mol. The Balaban J connectivity index is 1.04. The van der Waals surface area contributed by atoms with Gasteiger partial charge in [-0.05, 0) is 63.3 Å². The maximum absolute atomic E-state index is 13.1. The molecule has 1 amide bonds. The van der Waals surface area contributed by atoms with Crippen LogP contribution in [0.15, 0.2) is 30.5 Å². The van der Waals surface area contributed by atoms with Crippen LogP contribution in [-0.4, -0.2) is 87.9 Å². The molecule has 2 aromatic rings. The van der Waals surface area contributed by atoms with E-state index < -0.39 is 24.0 Å². The molecule has 5 saturated heterocycles. The Labute approximate surface area is 240 Å². The third-order valence-electron chi connectivity index (χ3n) is 10.2. The molecule has 8 atom stereocenters. The van der Waals surface area contributed by atoms with Crippen molar-refractivity contribution < 1.29 is 28.8 Å². The van der Waals surface area contributed by atoms with Crippen molar-refractivity contribution in [3.05, 3.63) is 41.7 Å². The molecule has 1 aromatic heterocycles. The van der Waals surface area contributed by atoms with Crippen LogP contribution in [0.4, 0.5) is 0 Å². The minimum atomic E-state index is -0.814. The first-order valence-corrected chi connectivity index (χ1v) is 15.1. The fraction of sp³-hybridized carbons (Fsp3) is 0.700. The monoisotopic (exact) mass is 567 g/mol. The molecule has 0 N–H and O–H groups in total. The van der Waals surface area contributed by atoms with Gasteiger partial charge in [-0.2, -0.15) is 0 Å². The number of carbonyl (C=O) groups excluding carboxylic acids is 1. The highest BCUT2D eigenvalue weighted by molar-refractivity contribution is 5.94. The molecule has 8 rings (SSSR count). The number of hydrogen-bond acceptors (Lipinski definition) is 9. The van der Waals surface area contributed by atoms with Gasteiger partial charge in [0.25, 0.3) is 5.91 Å². The van der Waals surface area contributed by atoms with E-state index in [9.17, 15) is 4.79 Å². The van der Waals surface area contributed by atoms with Crippen LogP contribution >= 0.6 is 0 Å². The predicted octanol–water partition coefficient (Wildman–Crippen LogP) is 3.38. The summed E-state index contributed by atoms with van der Waals surface area (Å²) in [7, 11) is 2.08. The second kappa shape index (κ2) is 10.4. The van der Waals surface area contributed by atoms with Crippen molar-refractivity contribution in [1.29, 1.82) is 0 Å². The van der Waals surface area contributed by atoms with Crippen molar-refractivity contribution in [3.8, 4) is 5.69 Å². The van der Waals surface area contributed by atoms with Crippen molar-refractivity contribution in [1.82, 2.24) is 24.8 Å². The quantitative estimate of drug-likeness (QED) is 0.504. The fourth-order valence-corrected chi connectivity index (χ4v) is 7.69.